The van der Waals surface area contributed by atoms with Crippen LogP contribution in [0.1, 0.15) is 11.1 Å². The van der Waals surface area contributed by atoms with E-state index in [-0.39, 0.29) is 0 Å². The third kappa shape index (κ3) is 3.16. The Morgan fingerprint density at radius 1 is 1.26 bits per heavy atom. The standard InChI is InChI=1S/C15H19N3O/c1-11-5-4-6-12(9-11)10-18(2)14-8-7-13(16)15(17-14)19-3/h4-9H,10,16H2,1-3H3. The largest absolute Gasteiger partial charge is 0.479 e. The Hall–Kier alpha value is -2.23. The lowest BCUT2D eigenvalue weighted by atomic mass is 10.1. The number of hydrogen-bond donors (Lipinski definition) is 1. The van der Waals surface area contributed by atoms with E-state index < -0.39 is 0 Å². The second kappa shape index (κ2) is 5.61. The van der Waals surface area contributed by atoms with E-state index in [1.54, 1.807) is 7.11 Å². The molecule has 0 aliphatic rings. The van der Waals surface area contributed by atoms with Crippen molar-refractivity contribution in [1.29, 1.82) is 0 Å². The van der Waals surface area contributed by atoms with Gasteiger partial charge in [-0.05, 0) is 24.6 Å². The lowest BCUT2D eigenvalue weighted by Gasteiger charge is -2.19. The molecule has 0 saturated heterocycles. The summed E-state index contributed by atoms with van der Waals surface area (Å²) in [6, 6.07) is 12.1. The summed E-state index contributed by atoms with van der Waals surface area (Å²) in [5.74, 6) is 1.31. The van der Waals surface area contributed by atoms with Crippen LogP contribution in [0.2, 0.25) is 0 Å². The Kier molecular flexibility index (Phi) is 3.90. The number of aromatic nitrogens is 1. The van der Waals surface area contributed by atoms with Gasteiger partial charge in [0.1, 0.15) is 5.82 Å². The molecule has 4 nitrogen and oxygen atoms in total. The van der Waals surface area contributed by atoms with E-state index in [1.165, 1.54) is 11.1 Å². The van der Waals surface area contributed by atoms with Crippen LogP contribution in [0.25, 0.3) is 0 Å². The van der Waals surface area contributed by atoms with Crippen LogP contribution >= 0.6 is 0 Å². The van der Waals surface area contributed by atoms with E-state index in [1.807, 2.05) is 19.2 Å². The fourth-order valence-electron chi connectivity index (χ4n) is 1.98. The van der Waals surface area contributed by atoms with Crippen molar-refractivity contribution in [3.8, 4) is 5.88 Å². The van der Waals surface area contributed by atoms with Gasteiger partial charge in [0.2, 0.25) is 5.88 Å². The number of ether oxygens (including phenoxy) is 1. The van der Waals surface area contributed by atoms with Gasteiger partial charge in [0, 0.05) is 13.6 Å². The fraction of sp³-hybridized carbons (Fsp3) is 0.267. The molecule has 0 aliphatic carbocycles. The highest BCUT2D eigenvalue weighted by molar-refractivity contribution is 5.54. The van der Waals surface area contributed by atoms with Gasteiger partial charge in [0.25, 0.3) is 0 Å². The number of benzene rings is 1. The average Bonchev–Trinajstić information content (AvgIpc) is 2.39. The van der Waals surface area contributed by atoms with Crippen LogP contribution in [0.5, 0.6) is 5.88 Å². The van der Waals surface area contributed by atoms with E-state index in [4.69, 9.17) is 10.5 Å². The van der Waals surface area contributed by atoms with Crippen molar-refractivity contribution >= 4 is 11.5 Å². The van der Waals surface area contributed by atoms with Crippen molar-refractivity contribution in [2.75, 3.05) is 24.8 Å². The van der Waals surface area contributed by atoms with Crippen LogP contribution in [0.3, 0.4) is 0 Å². The quantitative estimate of drug-likeness (QED) is 0.914. The van der Waals surface area contributed by atoms with Gasteiger partial charge in [-0.15, -0.1) is 0 Å². The maximum atomic E-state index is 5.77. The van der Waals surface area contributed by atoms with Gasteiger partial charge < -0.3 is 15.4 Å². The van der Waals surface area contributed by atoms with Gasteiger partial charge in [-0.25, -0.2) is 0 Å². The minimum atomic E-state index is 0.466. The highest BCUT2D eigenvalue weighted by Gasteiger charge is 2.07. The van der Waals surface area contributed by atoms with Crippen molar-refractivity contribution in [2.45, 2.75) is 13.5 Å². The van der Waals surface area contributed by atoms with Crippen LogP contribution in [0.4, 0.5) is 11.5 Å². The Morgan fingerprint density at radius 3 is 2.74 bits per heavy atom. The van der Waals surface area contributed by atoms with Crippen molar-refractivity contribution in [3.63, 3.8) is 0 Å². The average molecular weight is 257 g/mol. The molecule has 1 aromatic heterocycles. The smallest absolute Gasteiger partial charge is 0.238 e. The number of pyridine rings is 1. The molecular weight excluding hydrogens is 238 g/mol. The second-order valence-electron chi connectivity index (χ2n) is 4.61. The SMILES string of the molecule is COc1nc(N(C)Cc2cccc(C)c2)ccc1N. The molecule has 2 rings (SSSR count). The number of rotatable bonds is 4. The molecule has 0 atom stereocenters. The molecule has 0 spiro atoms. The molecule has 1 aromatic carbocycles. The van der Waals surface area contributed by atoms with Crippen LogP contribution in [0, 0.1) is 6.92 Å². The molecular formula is C15H19N3O. The van der Waals surface area contributed by atoms with Gasteiger partial charge in [0.05, 0.1) is 12.8 Å². The summed E-state index contributed by atoms with van der Waals surface area (Å²) in [6.07, 6.45) is 0. The summed E-state index contributed by atoms with van der Waals surface area (Å²) >= 11 is 0. The van der Waals surface area contributed by atoms with Crippen LogP contribution in [-0.4, -0.2) is 19.1 Å². The summed E-state index contributed by atoms with van der Waals surface area (Å²) < 4.78 is 5.14. The summed E-state index contributed by atoms with van der Waals surface area (Å²) in [4.78, 5) is 6.45. The molecule has 0 amide bonds. The molecule has 0 aliphatic heterocycles. The lowest BCUT2D eigenvalue weighted by molar-refractivity contribution is 0.400. The minimum Gasteiger partial charge on any atom is -0.479 e. The van der Waals surface area contributed by atoms with Gasteiger partial charge in [-0.1, -0.05) is 29.8 Å². The number of methoxy groups -OCH3 is 1. The van der Waals surface area contributed by atoms with E-state index in [2.05, 4.69) is 41.1 Å². The maximum Gasteiger partial charge on any atom is 0.238 e. The third-order valence-corrected chi connectivity index (χ3v) is 2.96. The summed E-state index contributed by atoms with van der Waals surface area (Å²) in [5.41, 5.74) is 8.83. The van der Waals surface area contributed by atoms with Gasteiger partial charge in [-0.3, -0.25) is 0 Å². The number of nitrogens with zero attached hydrogens (tertiary/aromatic N) is 2. The summed E-state index contributed by atoms with van der Waals surface area (Å²) in [7, 11) is 3.57. The molecule has 2 aromatic rings. The molecule has 0 unspecified atom stereocenters. The maximum absolute atomic E-state index is 5.77. The molecule has 4 heteroatoms. The molecule has 0 bridgehead atoms. The van der Waals surface area contributed by atoms with Crippen molar-refractivity contribution < 1.29 is 4.74 Å². The Morgan fingerprint density at radius 2 is 2.05 bits per heavy atom. The van der Waals surface area contributed by atoms with Crippen molar-refractivity contribution in [3.05, 3.63) is 47.5 Å². The first-order valence-electron chi connectivity index (χ1n) is 6.17. The zero-order valence-corrected chi connectivity index (χ0v) is 11.6. The summed E-state index contributed by atoms with van der Waals surface area (Å²) in [6.45, 7) is 2.88. The lowest BCUT2D eigenvalue weighted by Crippen LogP contribution is -2.18. The third-order valence-electron chi connectivity index (χ3n) is 2.96. The number of hydrogen-bond acceptors (Lipinski definition) is 4. The van der Waals surface area contributed by atoms with Crippen molar-refractivity contribution in [2.24, 2.45) is 0 Å². The highest BCUT2D eigenvalue weighted by atomic mass is 16.5. The Bertz CT molecular complexity index is 569. The molecule has 19 heavy (non-hydrogen) atoms. The molecule has 100 valence electrons. The predicted molar refractivity (Wildman–Crippen MR) is 78.5 cm³/mol. The van der Waals surface area contributed by atoms with E-state index in [9.17, 15) is 0 Å². The zero-order chi connectivity index (χ0) is 13.8. The van der Waals surface area contributed by atoms with E-state index in [0.29, 0.717) is 11.6 Å². The molecule has 2 N–H and O–H groups in total. The molecule has 0 saturated carbocycles. The Labute approximate surface area is 113 Å². The Balaban J connectivity index is 2.18. The summed E-state index contributed by atoms with van der Waals surface area (Å²) in [5, 5.41) is 0. The molecule has 1 heterocycles. The van der Waals surface area contributed by atoms with Gasteiger partial charge in [-0.2, -0.15) is 4.98 Å². The van der Waals surface area contributed by atoms with Crippen LogP contribution < -0.4 is 15.4 Å². The van der Waals surface area contributed by atoms with Crippen LogP contribution in [-0.2, 0) is 6.54 Å². The first-order valence-corrected chi connectivity index (χ1v) is 6.17. The first kappa shape index (κ1) is 13.2. The second-order valence-corrected chi connectivity index (χ2v) is 4.61. The first-order chi connectivity index (χ1) is 9.10. The number of anilines is 2. The fourth-order valence-corrected chi connectivity index (χ4v) is 1.98. The predicted octanol–water partition coefficient (Wildman–Crippen LogP) is 2.62. The normalized spacial score (nSPS) is 10.3. The number of aryl methyl sites for hydroxylation is 1. The van der Waals surface area contributed by atoms with Crippen molar-refractivity contribution in [1.82, 2.24) is 4.98 Å². The molecule has 0 fully saturated rings. The number of nitrogens with two attached hydrogens (primary N) is 1. The van der Waals surface area contributed by atoms with E-state index >= 15 is 0 Å². The monoisotopic (exact) mass is 257 g/mol. The minimum absolute atomic E-state index is 0.466. The van der Waals surface area contributed by atoms with Gasteiger partial charge in [0.15, 0.2) is 0 Å². The topological polar surface area (TPSA) is 51.4 Å². The zero-order valence-electron chi connectivity index (χ0n) is 11.6. The number of nitrogen functional groups attached to an aromatic ring is 1. The van der Waals surface area contributed by atoms with E-state index in [0.717, 1.165) is 12.4 Å². The molecule has 0 radical (unpaired) electrons. The van der Waals surface area contributed by atoms with Gasteiger partial charge >= 0.3 is 0 Å². The highest BCUT2D eigenvalue weighted by Crippen LogP contribution is 2.23. The van der Waals surface area contributed by atoms with Crippen LogP contribution in [0.15, 0.2) is 36.4 Å².